The SMILES string of the molecule is CC(C)[C@@H](CN[C@@H]1CCCC[C@H]1NC[C@@H](NS(=O)(=O)C(F)(F)F)C(C)C)NS(=O)(=O)C(F)(F)F. The first kappa shape index (κ1) is 31.4. The van der Waals surface area contributed by atoms with Gasteiger partial charge in [0.15, 0.2) is 0 Å². The van der Waals surface area contributed by atoms with Crippen molar-refractivity contribution in [3.05, 3.63) is 0 Å². The molecule has 0 aromatic heterocycles. The van der Waals surface area contributed by atoms with Crippen LogP contribution in [0, 0.1) is 11.8 Å². The molecule has 16 heteroatoms. The second-order valence-corrected chi connectivity index (χ2v) is 12.6. The molecule has 204 valence electrons. The van der Waals surface area contributed by atoms with E-state index in [2.05, 4.69) is 10.6 Å². The van der Waals surface area contributed by atoms with Gasteiger partial charge in [0.1, 0.15) is 0 Å². The lowest BCUT2D eigenvalue weighted by atomic mass is 9.89. The van der Waals surface area contributed by atoms with Crippen LogP contribution in [-0.4, -0.2) is 65.1 Å². The van der Waals surface area contributed by atoms with E-state index in [4.69, 9.17) is 0 Å². The van der Waals surface area contributed by atoms with Crippen LogP contribution >= 0.6 is 0 Å². The van der Waals surface area contributed by atoms with E-state index in [0.717, 1.165) is 12.8 Å². The Morgan fingerprint density at radius 2 is 0.971 bits per heavy atom. The number of nitrogens with one attached hydrogen (secondary N) is 4. The van der Waals surface area contributed by atoms with Crippen LogP contribution in [0.25, 0.3) is 0 Å². The molecule has 34 heavy (non-hydrogen) atoms. The van der Waals surface area contributed by atoms with Crippen LogP contribution in [-0.2, 0) is 20.0 Å². The van der Waals surface area contributed by atoms with Gasteiger partial charge < -0.3 is 10.6 Å². The van der Waals surface area contributed by atoms with Gasteiger partial charge in [-0.2, -0.15) is 26.3 Å². The fraction of sp³-hybridized carbons (Fsp3) is 1.00. The smallest absolute Gasteiger partial charge is 0.311 e. The van der Waals surface area contributed by atoms with Gasteiger partial charge in [0.2, 0.25) is 0 Å². The summed E-state index contributed by atoms with van der Waals surface area (Å²) in [5.41, 5.74) is -10.9. The normalized spacial score (nSPS) is 22.8. The monoisotopic (exact) mass is 548 g/mol. The Hall–Kier alpha value is -0.680. The molecule has 0 aromatic rings. The fourth-order valence-electron chi connectivity index (χ4n) is 3.54. The van der Waals surface area contributed by atoms with Gasteiger partial charge in [0.25, 0.3) is 0 Å². The highest BCUT2D eigenvalue weighted by Crippen LogP contribution is 2.25. The first-order valence-electron chi connectivity index (χ1n) is 10.9. The minimum atomic E-state index is -5.53. The molecule has 0 spiro atoms. The van der Waals surface area contributed by atoms with Crippen LogP contribution in [0.1, 0.15) is 53.4 Å². The number of rotatable bonds is 12. The minimum absolute atomic E-state index is 0.0931. The molecule has 1 aliphatic rings. The van der Waals surface area contributed by atoms with Crippen LogP contribution in [0.4, 0.5) is 26.3 Å². The Labute approximate surface area is 197 Å². The molecule has 1 rings (SSSR count). The minimum Gasteiger partial charge on any atom is -0.311 e. The van der Waals surface area contributed by atoms with E-state index in [0.29, 0.717) is 12.8 Å². The molecule has 0 saturated heterocycles. The lowest BCUT2D eigenvalue weighted by Gasteiger charge is -2.36. The van der Waals surface area contributed by atoms with E-state index in [1.54, 1.807) is 37.1 Å². The van der Waals surface area contributed by atoms with Crippen molar-refractivity contribution < 1.29 is 43.2 Å². The summed E-state index contributed by atoms with van der Waals surface area (Å²) >= 11 is 0. The molecular weight excluding hydrogens is 514 g/mol. The maximum absolute atomic E-state index is 12.7. The summed E-state index contributed by atoms with van der Waals surface area (Å²) in [5.74, 6) is -0.913. The second-order valence-electron chi connectivity index (χ2n) is 9.15. The van der Waals surface area contributed by atoms with Gasteiger partial charge in [-0.25, -0.2) is 26.3 Å². The highest BCUT2D eigenvalue weighted by atomic mass is 32.2. The van der Waals surface area contributed by atoms with Crippen molar-refractivity contribution in [1.29, 1.82) is 0 Å². The van der Waals surface area contributed by atoms with Crippen molar-refractivity contribution in [2.24, 2.45) is 11.8 Å². The zero-order chi connectivity index (χ0) is 26.5. The van der Waals surface area contributed by atoms with E-state index in [-0.39, 0.29) is 25.2 Å². The van der Waals surface area contributed by atoms with Gasteiger partial charge in [-0.1, -0.05) is 40.5 Å². The summed E-state index contributed by atoms with van der Waals surface area (Å²) in [4.78, 5) is 0. The summed E-state index contributed by atoms with van der Waals surface area (Å²) in [6.07, 6.45) is 2.81. The molecule has 0 unspecified atom stereocenters. The second kappa shape index (κ2) is 12.0. The molecule has 1 aliphatic carbocycles. The Morgan fingerprint density at radius 3 is 1.21 bits per heavy atom. The average molecular weight is 549 g/mol. The van der Waals surface area contributed by atoms with Gasteiger partial charge in [-0.3, -0.25) is 0 Å². The highest BCUT2D eigenvalue weighted by Gasteiger charge is 2.48. The molecule has 8 nitrogen and oxygen atoms in total. The Bertz CT molecular complexity index is 777. The zero-order valence-corrected chi connectivity index (χ0v) is 21.1. The van der Waals surface area contributed by atoms with Crippen LogP contribution in [0.5, 0.6) is 0 Å². The third kappa shape index (κ3) is 9.08. The third-order valence-corrected chi connectivity index (χ3v) is 8.24. The van der Waals surface area contributed by atoms with E-state index in [1.165, 1.54) is 0 Å². The van der Waals surface area contributed by atoms with Crippen molar-refractivity contribution in [2.45, 2.75) is 88.6 Å². The molecule has 4 atom stereocenters. The average Bonchev–Trinajstić information content (AvgIpc) is 2.66. The molecule has 0 aromatic carbocycles. The standard InChI is InChI=1S/C18H34F6N4O4S2/c1-11(2)15(27-33(29,30)17(19,20)21)9-25-13-7-5-6-8-14(13)26-10-16(12(3)4)28-34(31,32)18(22,23)24/h11-16,25-28H,5-10H2,1-4H3/t13-,14-,15-,16-/m1/s1. The van der Waals surface area contributed by atoms with Crippen molar-refractivity contribution in [2.75, 3.05) is 13.1 Å². The van der Waals surface area contributed by atoms with Crippen LogP contribution in [0.2, 0.25) is 0 Å². The number of hydrogen-bond donors (Lipinski definition) is 4. The summed E-state index contributed by atoms with van der Waals surface area (Å²) < 4.78 is 126. The Morgan fingerprint density at radius 1 is 0.676 bits per heavy atom. The summed E-state index contributed by atoms with van der Waals surface area (Å²) in [6.45, 7) is 6.10. The van der Waals surface area contributed by atoms with E-state index >= 15 is 0 Å². The van der Waals surface area contributed by atoms with Crippen LogP contribution in [0.3, 0.4) is 0 Å². The largest absolute Gasteiger partial charge is 0.511 e. The molecule has 0 amide bonds. The lowest BCUT2D eigenvalue weighted by Crippen LogP contribution is -2.57. The number of alkyl halides is 6. The topological polar surface area (TPSA) is 116 Å². The number of sulfonamides is 2. The Balaban J connectivity index is 2.83. The predicted octanol–water partition coefficient (Wildman–Crippen LogP) is 2.40. The van der Waals surface area contributed by atoms with Gasteiger partial charge in [-0.15, -0.1) is 0 Å². The molecule has 0 heterocycles. The first-order chi connectivity index (χ1) is 15.3. The van der Waals surface area contributed by atoms with E-state index in [1.807, 2.05) is 0 Å². The molecule has 1 fully saturated rings. The molecule has 0 radical (unpaired) electrons. The Kier molecular flexibility index (Phi) is 11.1. The number of halogens is 6. The highest BCUT2D eigenvalue weighted by molar-refractivity contribution is 7.90. The molecule has 1 saturated carbocycles. The molecule has 4 N–H and O–H groups in total. The van der Waals surface area contributed by atoms with Gasteiger partial charge in [-0.05, 0) is 24.7 Å². The van der Waals surface area contributed by atoms with Gasteiger partial charge >= 0.3 is 31.1 Å². The molecule has 0 aliphatic heterocycles. The van der Waals surface area contributed by atoms with Gasteiger partial charge in [0, 0.05) is 37.3 Å². The summed E-state index contributed by atoms with van der Waals surface area (Å²) in [7, 11) is -11.1. The third-order valence-electron chi connectivity index (χ3n) is 5.80. The fourth-order valence-corrected chi connectivity index (χ4v) is 5.31. The van der Waals surface area contributed by atoms with Crippen molar-refractivity contribution in [3.63, 3.8) is 0 Å². The summed E-state index contributed by atoms with van der Waals surface area (Å²) in [5, 5.41) is 6.15. The van der Waals surface area contributed by atoms with Crippen molar-refractivity contribution in [3.8, 4) is 0 Å². The van der Waals surface area contributed by atoms with Crippen LogP contribution in [0.15, 0.2) is 0 Å². The maximum Gasteiger partial charge on any atom is 0.511 e. The molecular formula is C18H34F6N4O4S2. The lowest BCUT2D eigenvalue weighted by molar-refractivity contribution is -0.0458. The van der Waals surface area contributed by atoms with E-state index < -0.39 is 55.0 Å². The molecule has 0 bridgehead atoms. The van der Waals surface area contributed by atoms with Crippen LogP contribution < -0.4 is 20.1 Å². The summed E-state index contributed by atoms with van der Waals surface area (Å²) in [6, 6.07) is -2.68. The predicted molar refractivity (Wildman–Crippen MR) is 116 cm³/mol. The van der Waals surface area contributed by atoms with Crippen molar-refractivity contribution >= 4 is 20.0 Å². The number of hydrogen-bond acceptors (Lipinski definition) is 6. The zero-order valence-electron chi connectivity index (χ0n) is 19.4. The maximum atomic E-state index is 12.7. The van der Waals surface area contributed by atoms with Crippen molar-refractivity contribution in [1.82, 2.24) is 20.1 Å². The first-order valence-corrected chi connectivity index (χ1v) is 13.9. The quantitative estimate of drug-likeness (QED) is 0.279. The van der Waals surface area contributed by atoms with E-state index in [9.17, 15) is 43.2 Å². The van der Waals surface area contributed by atoms with Gasteiger partial charge in [0.05, 0.1) is 0 Å².